The van der Waals surface area contributed by atoms with Crippen molar-refractivity contribution < 1.29 is 9.53 Å². The van der Waals surface area contributed by atoms with E-state index in [1.807, 2.05) is 18.3 Å². The summed E-state index contributed by atoms with van der Waals surface area (Å²) < 4.78 is 7.53. The molecule has 5 heteroatoms. The number of rotatable bonds is 3. The molecule has 3 heterocycles. The van der Waals surface area contributed by atoms with Crippen LogP contribution in [0.25, 0.3) is 0 Å². The van der Waals surface area contributed by atoms with Crippen LogP contribution in [0.1, 0.15) is 42.7 Å². The van der Waals surface area contributed by atoms with Crippen molar-refractivity contribution in [3.05, 3.63) is 24.0 Å². The fourth-order valence-electron chi connectivity index (χ4n) is 3.09. The summed E-state index contributed by atoms with van der Waals surface area (Å²) in [5.41, 5.74) is 0.547. The molecule has 2 aliphatic rings. The van der Waals surface area contributed by atoms with Gasteiger partial charge in [-0.1, -0.05) is 0 Å². The number of aromatic nitrogens is 1. The van der Waals surface area contributed by atoms with Gasteiger partial charge in [0.2, 0.25) is 0 Å². The zero-order chi connectivity index (χ0) is 14.0. The highest BCUT2D eigenvalue weighted by Gasteiger charge is 2.32. The van der Waals surface area contributed by atoms with Crippen molar-refractivity contribution in [2.45, 2.75) is 37.8 Å². The molecule has 0 radical (unpaired) electrons. The standard InChI is InChI=1S/C15H23N3O2/c1-15(6-10-20-11-15)17-14(19)13-3-2-9-18(13)12-4-7-16-8-5-12/h2-3,9,12,16H,4-8,10-11H2,1H3,(H,17,19). The van der Waals surface area contributed by atoms with Crippen molar-refractivity contribution >= 4 is 5.91 Å². The zero-order valence-electron chi connectivity index (χ0n) is 12.0. The minimum Gasteiger partial charge on any atom is -0.379 e. The highest BCUT2D eigenvalue weighted by molar-refractivity contribution is 5.93. The van der Waals surface area contributed by atoms with Crippen LogP contribution in [0, 0.1) is 0 Å². The molecule has 1 amide bonds. The molecule has 110 valence electrons. The molecule has 0 saturated carbocycles. The number of nitrogens with zero attached hydrogens (tertiary/aromatic N) is 1. The van der Waals surface area contributed by atoms with Gasteiger partial charge in [-0.05, 0) is 51.4 Å². The Morgan fingerprint density at radius 1 is 1.50 bits per heavy atom. The fourth-order valence-corrected chi connectivity index (χ4v) is 3.09. The van der Waals surface area contributed by atoms with E-state index in [1.54, 1.807) is 0 Å². The maximum absolute atomic E-state index is 12.5. The number of ether oxygens (including phenoxy) is 1. The first kappa shape index (κ1) is 13.6. The predicted octanol–water partition coefficient (Wildman–Crippen LogP) is 1.32. The van der Waals surface area contributed by atoms with Gasteiger partial charge in [-0.15, -0.1) is 0 Å². The Balaban J connectivity index is 1.73. The third-order valence-corrected chi connectivity index (χ3v) is 4.35. The number of carbonyl (C=O) groups is 1. The van der Waals surface area contributed by atoms with Crippen LogP contribution in [0.5, 0.6) is 0 Å². The second-order valence-corrected chi connectivity index (χ2v) is 6.10. The Morgan fingerprint density at radius 2 is 2.30 bits per heavy atom. The number of carbonyl (C=O) groups excluding carboxylic acids is 1. The van der Waals surface area contributed by atoms with E-state index in [0.29, 0.717) is 12.6 Å². The van der Waals surface area contributed by atoms with E-state index in [0.717, 1.165) is 44.7 Å². The SMILES string of the molecule is CC1(NC(=O)c2cccn2C2CCNCC2)CCOC1. The first-order chi connectivity index (χ1) is 9.68. The highest BCUT2D eigenvalue weighted by atomic mass is 16.5. The number of hydrogen-bond donors (Lipinski definition) is 2. The lowest BCUT2D eigenvalue weighted by atomic mass is 10.0. The largest absolute Gasteiger partial charge is 0.379 e. The smallest absolute Gasteiger partial charge is 0.268 e. The van der Waals surface area contributed by atoms with Gasteiger partial charge in [0.25, 0.3) is 5.91 Å². The maximum atomic E-state index is 12.5. The molecule has 2 fully saturated rings. The Hall–Kier alpha value is -1.33. The summed E-state index contributed by atoms with van der Waals surface area (Å²) in [6, 6.07) is 4.31. The summed E-state index contributed by atoms with van der Waals surface area (Å²) in [5.74, 6) is 0.0153. The molecule has 3 rings (SSSR count). The van der Waals surface area contributed by atoms with Crippen LogP contribution in [0.4, 0.5) is 0 Å². The van der Waals surface area contributed by atoms with E-state index in [4.69, 9.17) is 4.74 Å². The van der Waals surface area contributed by atoms with Crippen molar-refractivity contribution in [2.75, 3.05) is 26.3 Å². The Morgan fingerprint density at radius 3 is 3.00 bits per heavy atom. The van der Waals surface area contributed by atoms with E-state index < -0.39 is 0 Å². The van der Waals surface area contributed by atoms with Crippen LogP contribution in [-0.4, -0.2) is 42.3 Å². The Labute approximate surface area is 119 Å². The molecule has 2 saturated heterocycles. The maximum Gasteiger partial charge on any atom is 0.268 e. The van der Waals surface area contributed by atoms with Crippen LogP contribution in [-0.2, 0) is 4.74 Å². The normalized spacial score (nSPS) is 27.6. The molecule has 0 aromatic carbocycles. The first-order valence-electron chi connectivity index (χ1n) is 7.46. The molecule has 1 aromatic heterocycles. The van der Waals surface area contributed by atoms with E-state index in [-0.39, 0.29) is 11.4 Å². The van der Waals surface area contributed by atoms with Gasteiger partial charge in [-0.3, -0.25) is 4.79 Å². The lowest BCUT2D eigenvalue weighted by Crippen LogP contribution is -2.47. The Kier molecular flexibility index (Phi) is 3.81. The average molecular weight is 277 g/mol. The molecule has 2 N–H and O–H groups in total. The van der Waals surface area contributed by atoms with Crippen LogP contribution in [0.2, 0.25) is 0 Å². The van der Waals surface area contributed by atoms with Crippen molar-refractivity contribution in [1.29, 1.82) is 0 Å². The zero-order valence-corrected chi connectivity index (χ0v) is 12.0. The van der Waals surface area contributed by atoms with Crippen molar-refractivity contribution in [3.8, 4) is 0 Å². The highest BCUT2D eigenvalue weighted by Crippen LogP contribution is 2.23. The summed E-state index contributed by atoms with van der Waals surface area (Å²) in [7, 11) is 0. The molecule has 1 atom stereocenters. The van der Waals surface area contributed by atoms with Crippen molar-refractivity contribution in [2.24, 2.45) is 0 Å². The Bertz CT molecular complexity index is 471. The quantitative estimate of drug-likeness (QED) is 0.876. The molecular formula is C15H23N3O2. The molecule has 20 heavy (non-hydrogen) atoms. The second kappa shape index (κ2) is 5.58. The van der Waals surface area contributed by atoms with Gasteiger partial charge in [0.05, 0.1) is 12.1 Å². The molecule has 2 aliphatic heterocycles. The van der Waals surface area contributed by atoms with Crippen LogP contribution in [0.15, 0.2) is 18.3 Å². The number of hydrogen-bond acceptors (Lipinski definition) is 3. The van der Waals surface area contributed by atoms with Gasteiger partial charge >= 0.3 is 0 Å². The van der Waals surface area contributed by atoms with E-state index in [1.165, 1.54) is 0 Å². The van der Waals surface area contributed by atoms with Gasteiger partial charge in [-0.25, -0.2) is 0 Å². The molecule has 0 bridgehead atoms. The summed E-state index contributed by atoms with van der Waals surface area (Å²) in [5, 5.41) is 6.50. The van der Waals surface area contributed by atoms with Gasteiger partial charge in [0.1, 0.15) is 5.69 Å². The lowest BCUT2D eigenvalue weighted by Gasteiger charge is -2.28. The van der Waals surface area contributed by atoms with Crippen LogP contribution >= 0.6 is 0 Å². The third kappa shape index (κ3) is 2.74. The van der Waals surface area contributed by atoms with E-state index >= 15 is 0 Å². The number of nitrogens with one attached hydrogen (secondary N) is 2. The third-order valence-electron chi connectivity index (χ3n) is 4.35. The van der Waals surface area contributed by atoms with Gasteiger partial charge in [0.15, 0.2) is 0 Å². The second-order valence-electron chi connectivity index (χ2n) is 6.10. The minimum absolute atomic E-state index is 0.0153. The summed E-state index contributed by atoms with van der Waals surface area (Å²) >= 11 is 0. The number of amides is 1. The minimum atomic E-state index is -0.222. The molecule has 1 aromatic rings. The lowest BCUT2D eigenvalue weighted by molar-refractivity contribution is 0.0877. The molecule has 0 aliphatic carbocycles. The van der Waals surface area contributed by atoms with E-state index in [2.05, 4.69) is 22.1 Å². The molecular weight excluding hydrogens is 254 g/mol. The summed E-state index contributed by atoms with van der Waals surface area (Å²) in [6.45, 7) is 5.43. The molecule has 1 unspecified atom stereocenters. The predicted molar refractivity (Wildman–Crippen MR) is 76.9 cm³/mol. The van der Waals surface area contributed by atoms with Gasteiger partial charge in [0, 0.05) is 18.8 Å². The summed E-state index contributed by atoms with van der Waals surface area (Å²) in [6.07, 6.45) is 5.07. The fraction of sp³-hybridized carbons (Fsp3) is 0.667. The van der Waals surface area contributed by atoms with Crippen LogP contribution < -0.4 is 10.6 Å². The van der Waals surface area contributed by atoms with Crippen molar-refractivity contribution in [3.63, 3.8) is 0 Å². The first-order valence-corrected chi connectivity index (χ1v) is 7.46. The molecule has 5 nitrogen and oxygen atoms in total. The topological polar surface area (TPSA) is 55.3 Å². The van der Waals surface area contributed by atoms with Crippen LogP contribution in [0.3, 0.4) is 0 Å². The van der Waals surface area contributed by atoms with E-state index in [9.17, 15) is 4.79 Å². The average Bonchev–Trinajstić information content (AvgIpc) is 3.08. The monoisotopic (exact) mass is 277 g/mol. The number of piperidine rings is 1. The van der Waals surface area contributed by atoms with Gasteiger partial charge < -0.3 is 19.9 Å². The molecule has 0 spiro atoms. The summed E-state index contributed by atoms with van der Waals surface area (Å²) in [4.78, 5) is 12.5. The van der Waals surface area contributed by atoms with Gasteiger partial charge in [-0.2, -0.15) is 0 Å². The van der Waals surface area contributed by atoms with Crippen molar-refractivity contribution in [1.82, 2.24) is 15.2 Å².